The smallest absolute Gasteiger partial charge is 0.210 e. The number of ether oxygens (including phenoxy) is 2. The predicted octanol–water partition coefficient (Wildman–Crippen LogP) is 3.12. The normalized spacial score (nSPS) is 11.0. The quantitative estimate of drug-likeness (QED) is 0.368. The van der Waals surface area contributed by atoms with E-state index in [0.717, 1.165) is 28.2 Å². The largest absolute Gasteiger partial charge is 0.497 e. The lowest BCUT2D eigenvalue weighted by molar-refractivity contribution is 0.289. The average Bonchev–Trinajstić information content (AvgIpc) is 3.10. The van der Waals surface area contributed by atoms with Gasteiger partial charge in [0, 0.05) is 11.8 Å². The second kappa shape index (κ2) is 8.36. The van der Waals surface area contributed by atoms with Gasteiger partial charge in [-0.15, -0.1) is 10.2 Å². The Labute approximate surface area is 172 Å². The molecule has 2 aromatic heterocycles. The minimum absolute atomic E-state index is 0.200. The highest BCUT2D eigenvalue weighted by Crippen LogP contribution is 2.23. The van der Waals surface area contributed by atoms with Crippen molar-refractivity contribution in [3.05, 3.63) is 65.7 Å². The molecule has 0 bridgehead atoms. The summed E-state index contributed by atoms with van der Waals surface area (Å²) in [6, 6.07) is 15.2. The maximum Gasteiger partial charge on any atom is 0.210 e. The molecule has 4 rings (SSSR count). The first kappa shape index (κ1) is 19.0. The number of hydrogen-bond donors (Lipinski definition) is 1. The van der Waals surface area contributed by atoms with Gasteiger partial charge in [0.1, 0.15) is 18.1 Å². The van der Waals surface area contributed by atoms with E-state index in [1.165, 1.54) is 16.4 Å². The third-order valence-electron chi connectivity index (χ3n) is 4.33. The van der Waals surface area contributed by atoms with Gasteiger partial charge in [0.2, 0.25) is 5.16 Å². The lowest BCUT2D eigenvalue weighted by Gasteiger charge is -2.08. The number of nitrogens with two attached hydrogens (primary N) is 1. The number of para-hydroxylation sites is 2. The molecule has 9 heteroatoms. The van der Waals surface area contributed by atoms with Gasteiger partial charge in [0.25, 0.3) is 0 Å². The van der Waals surface area contributed by atoms with Crippen LogP contribution in [0.25, 0.3) is 11.0 Å². The molecule has 8 nitrogen and oxygen atoms in total. The molecular formula is C20H20N6O2S. The van der Waals surface area contributed by atoms with E-state index in [4.69, 9.17) is 20.3 Å². The van der Waals surface area contributed by atoms with E-state index < -0.39 is 0 Å². The van der Waals surface area contributed by atoms with Crippen molar-refractivity contribution in [1.82, 2.24) is 24.8 Å². The van der Waals surface area contributed by atoms with E-state index in [9.17, 15) is 0 Å². The Morgan fingerprint density at radius 1 is 1.00 bits per heavy atom. The van der Waals surface area contributed by atoms with E-state index in [1.54, 1.807) is 13.2 Å². The number of nitrogens with zero attached hydrogens (tertiary/aromatic N) is 5. The van der Waals surface area contributed by atoms with Crippen LogP contribution >= 0.6 is 11.8 Å². The molecule has 0 saturated heterocycles. The second-order valence-electron chi connectivity index (χ2n) is 6.27. The summed E-state index contributed by atoms with van der Waals surface area (Å²) in [5.41, 5.74) is 3.54. The summed E-state index contributed by atoms with van der Waals surface area (Å²) in [4.78, 5) is 9.31. The van der Waals surface area contributed by atoms with Gasteiger partial charge in [0.05, 0.1) is 29.5 Å². The maximum absolute atomic E-state index is 6.15. The van der Waals surface area contributed by atoms with Crippen LogP contribution in [0.2, 0.25) is 0 Å². The summed E-state index contributed by atoms with van der Waals surface area (Å²) < 4.78 is 12.4. The van der Waals surface area contributed by atoms with Crippen LogP contribution in [0.3, 0.4) is 0 Å². The molecule has 0 amide bonds. The molecule has 0 atom stereocenters. The zero-order chi connectivity index (χ0) is 20.2. The molecule has 2 aromatic carbocycles. The van der Waals surface area contributed by atoms with Gasteiger partial charge < -0.3 is 15.3 Å². The number of aromatic nitrogens is 5. The predicted molar refractivity (Wildman–Crippen MR) is 111 cm³/mol. The standard InChI is InChI=1S/C20H20N6O2S/c1-13-18(23-17-9-4-3-8-16(17)22-13)12-29-20-25-24-19(26(20)21)11-28-15-7-5-6-14(10-15)27-2/h3-10H,11-12,21H2,1-2H3. The lowest BCUT2D eigenvalue weighted by Crippen LogP contribution is -2.15. The van der Waals surface area contributed by atoms with Crippen molar-refractivity contribution in [3.8, 4) is 11.5 Å². The molecule has 2 heterocycles. The van der Waals surface area contributed by atoms with Gasteiger partial charge in [-0.2, -0.15) is 0 Å². The van der Waals surface area contributed by atoms with Gasteiger partial charge in [-0.05, 0) is 31.2 Å². The summed E-state index contributed by atoms with van der Waals surface area (Å²) in [5, 5.41) is 8.89. The average molecular weight is 408 g/mol. The van der Waals surface area contributed by atoms with Gasteiger partial charge in [0.15, 0.2) is 5.82 Å². The zero-order valence-electron chi connectivity index (χ0n) is 16.1. The number of aryl methyl sites for hydroxylation is 1. The Balaban J connectivity index is 1.43. The lowest BCUT2D eigenvalue weighted by atomic mass is 10.2. The van der Waals surface area contributed by atoms with E-state index in [0.29, 0.717) is 22.5 Å². The fourth-order valence-electron chi connectivity index (χ4n) is 2.74. The van der Waals surface area contributed by atoms with Crippen LogP contribution in [0.1, 0.15) is 17.2 Å². The summed E-state index contributed by atoms with van der Waals surface area (Å²) in [7, 11) is 1.61. The van der Waals surface area contributed by atoms with Crippen LogP contribution in [0, 0.1) is 6.92 Å². The Hall–Kier alpha value is -3.33. The fourth-order valence-corrected chi connectivity index (χ4v) is 3.62. The molecule has 0 aliphatic carbocycles. The molecule has 0 radical (unpaired) electrons. The Bertz CT molecular complexity index is 1150. The Morgan fingerprint density at radius 2 is 1.76 bits per heavy atom. The summed E-state index contributed by atoms with van der Waals surface area (Å²) in [5.74, 6) is 8.66. The van der Waals surface area contributed by atoms with E-state index >= 15 is 0 Å². The molecule has 148 valence electrons. The summed E-state index contributed by atoms with van der Waals surface area (Å²) >= 11 is 1.46. The molecule has 0 unspecified atom stereocenters. The van der Waals surface area contributed by atoms with Crippen LogP contribution in [0.15, 0.2) is 53.7 Å². The highest BCUT2D eigenvalue weighted by atomic mass is 32.2. The topological polar surface area (TPSA) is 101 Å². The minimum Gasteiger partial charge on any atom is -0.497 e. The van der Waals surface area contributed by atoms with Crippen LogP contribution in [0.4, 0.5) is 0 Å². The van der Waals surface area contributed by atoms with Crippen LogP contribution < -0.4 is 15.3 Å². The number of nitrogen functional groups attached to an aromatic ring is 1. The number of rotatable bonds is 7. The van der Waals surface area contributed by atoms with E-state index in [-0.39, 0.29) is 6.61 Å². The zero-order valence-corrected chi connectivity index (χ0v) is 16.9. The monoisotopic (exact) mass is 408 g/mol. The minimum atomic E-state index is 0.200. The molecule has 0 aliphatic rings. The van der Waals surface area contributed by atoms with Crippen molar-refractivity contribution < 1.29 is 9.47 Å². The Morgan fingerprint density at radius 3 is 2.55 bits per heavy atom. The number of benzene rings is 2. The number of hydrogen-bond acceptors (Lipinski definition) is 8. The molecule has 2 N–H and O–H groups in total. The molecular weight excluding hydrogens is 388 g/mol. The van der Waals surface area contributed by atoms with Crippen molar-refractivity contribution in [2.24, 2.45) is 0 Å². The summed E-state index contributed by atoms with van der Waals surface area (Å²) in [6.07, 6.45) is 0. The second-order valence-corrected chi connectivity index (χ2v) is 7.21. The van der Waals surface area contributed by atoms with E-state index in [1.807, 2.05) is 49.4 Å². The first-order valence-electron chi connectivity index (χ1n) is 8.95. The highest BCUT2D eigenvalue weighted by Gasteiger charge is 2.13. The van der Waals surface area contributed by atoms with Crippen molar-refractivity contribution in [3.63, 3.8) is 0 Å². The van der Waals surface area contributed by atoms with Gasteiger partial charge in [-0.1, -0.05) is 30.0 Å². The van der Waals surface area contributed by atoms with Gasteiger partial charge in [-0.3, -0.25) is 0 Å². The third kappa shape index (κ3) is 4.24. The van der Waals surface area contributed by atoms with Gasteiger partial charge in [-0.25, -0.2) is 14.6 Å². The third-order valence-corrected chi connectivity index (χ3v) is 5.28. The highest BCUT2D eigenvalue weighted by molar-refractivity contribution is 7.98. The van der Waals surface area contributed by atoms with Crippen LogP contribution in [0.5, 0.6) is 11.5 Å². The van der Waals surface area contributed by atoms with Crippen LogP contribution in [-0.4, -0.2) is 32.0 Å². The maximum atomic E-state index is 6.15. The Kier molecular flexibility index (Phi) is 5.48. The van der Waals surface area contributed by atoms with Crippen LogP contribution in [-0.2, 0) is 12.4 Å². The molecule has 0 aliphatic heterocycles. The molecule has 0 fully saturated rings. The SMILES string of the molecule is COc1cccc(OCc2nnc(SCc3nc4ccccc4nc3C)n2N)c1. The number of thioether (sulfide) groups is 1. The van der Waals surface area contributed by atoms with E-state index in [2.05, 4.69) is 15.2 Å². The molecule has 4 aromatic rings. The number of fused-ring (bicyclic) bond motifs is 1. The van der Waals surface area contributed by atoms with Crippen molar-refractivity contribution >= 4 is 22.8 Å². The van der Waals surface area contributed by atoms with Crippen molar-refractivity contribution in [1.29, 1.82) is 0 Å². The fraction of sp³-hybridized carbons (Fsp3) is 0.200. The summed E-state index contributed by atoms with van der Waals surface area (Å²) in [6.45, 7) is 2.15. The molecule has 29 heavy (non-hydrogen) atoms. The first-order valence-corrected chi connectivity index (χ1v) is 9.94. The first-order chi connectivity index (χ1) is 14.1. The van der Waals surface area contributed by atoms with Gasteiger partial charge >= 0.3 is 0 Å². The van der Waals surface area contributed by atoms with Crippen molar-refractivity contribution in [2.45, 2.75) is 24.4 Å². The molecule has 0 saturated carbocycles. The van der Waals surface area contributed by atoms with Crippen molar-refractivity contribution in [2.75, 3.05) is 13.0 Å². The number of methoxy groups -OCH3 is 1. The molecule has 0 spiro atoms.